The fourth-order valence-electron chi connectivity index (χ4n) is 3.92. The highest BCUT2D eigenvalue weighted by Gasteiger charge is 2.38. The SMILES string of the molecule is COP1(=O)N=C(c2c(O)c(C(C)(C)C)n(CCC(C)(C)C)c2O)Nc2ccc(OCC(N)=O)cc21. The molecule has 1 unspecified atom stereocenters. The Morgan fingerprint density at radius 1 is 1.20 bits per heavy atom. The van der Waals surface area contributed by atoms with Crippen LogP contribution in [0.1, 0.15) is 59.2 Å². The molecule has 0 spiro atoms. The van der Waals surface area contributed by atoms with Gasteiger partial charge < -0.3 is 35.1 Å². The van der Waals surface area contributed by atoms with Crippen molar-refractivity contribution >= 4 is 30.3 Å². The van der Waals surface area contributed by atoms with Gasteiger partial charge in [0, 0.05) is 19.1 Å². The van der Waals surface area contributed by atoms with Gasteiger partial charge in [0.25, 0.3) is 5.91 Å². The van der Waals surface area contributed by atoms with Gasteiger partial charge in [-0.15, -0.1) is 0 Å². The third-order valence-corrected chi connectivity index (χ3v) is 7.57. The predicted molar refractivity (Wildman–Crippen MR) is 136 cm³/mol. The van der Waals surface area contributed by atoms with E-state index in [4.69, 9.17) is 15.0 Å². The molecule has 192 valence electrons. The van der Waals surface area contributed by atoms with Gasteiger partial charge in [0.15, 0.2) is 18.2 Å². The number of nitrogens with zero attached hydrogens (tertiary/aromatic N) is 2. The van der Waals surface area contributed by atoms with Crippen LogP contribution in [0, 0.1) is 5.41 Å². The number of amides is 1. The second kappa shape index (κ2) is 9.24. The Kier molecular flexibility index (Phi) is 7.03. The number of anilines is 1. The zero-order valence-electron chi connectivity index (χ0n) is 21.3. The number of carbonyl (C=O) groups excluding carboxylic acids is 1. The lowest BCUT2D eigenvalue weighted by Crippen LogP contribution is -2.26. The average molecular weight is 507 g/mol. The maximum Gasteiger partial charge on any atom is 0.348 e. The molecule has 10 nitrogen and oxygen atoms in total. The molecule has 2 heterocycles. The van der Waals surface area contributed by atoms with Crippen LogP contribution in [-0.4, -0.2) is 40.2 Å². The van der Waals surface area contributed by atoms with E-state index < -0.39 is 18.8 Å². The van der Waals surface area contributed by atoms with Crippen molar-refractivity contribution in [3.63, 3.8) is 0 Å². The number of nitrogens with two attached hydrogens (primary N) is 1. The van der Waals surface area contributed by atoms with Crippen LogP contribution in [0.2, 0.25) is 0 Å². The lowest BCUT2D eigenvalue weighted by atomic mass is 9.89. The molecule has 1 amide bonds. The van der Waals surface area contributed by atoms with Gasteiger partial charge in [-0.1, -0.05) is 41.5 Å². The molecule has 1 aliphatic rings. The number of nitrogens with one attached hydrogen (secondary N) is 1. The van der Waals surface area contributed by atoms with Gasteiger partial charge in [-0.2, -0.15) is 4.76 Å². The summed E-state index contributed by atoms with van der Waals surface area (Å²) in [6.45, 7) is 12.3. The number of primary amides is 1. The molecule has 0 saturated heterocycles. The van der Waals surface area contributed by atoms with E-state index in [0.29, 0.717) is 17.9 Å². The second-order valence-electron chi connectivity index (χ2n) is 10.8. The molecule has 1 atom stereocenters. The number of aromatic nitrogens is 1. The van der Waals surface area contributed by atoms with E-state index in [1.807, 2.05) is 20.8 Å². The normalized spacial score (nSPS) is 18.0. The topological polar surface area (TPSA) is 148 Å². The van der Waals surface area contributed by atoms with Crippen molar-refractivity contribution in [2.75, 3.05) is 19.0 Å². The van der Waals surface area contributed by atoms with E-state index in [1.54, 1.807) is 16.7 Å². The first-order valence-electron chi connectivity index (χ1n) is 11.3. The number of carbonyl (C=O) groups is 1. The highest BCUT2D eigenvalue weighted by Crippen LogP contribution is 2.53. The van der Waals surface area contributed by atoms with Crippen LogP contribution in [0.25, 0.3) is 0 Å². The zero-order valence-corrected chi connectivity index (χ0v) is 22.2. The number of rotatable bonds is 7. The number of benzene rings is 1. The largest absolute Gasteiger partial charge is 0.505 e. The molecule has 0 aliphatic carbocycles. The summed E-state index contributed by atoms with van der Waals surface area (Å²) in [4.78, 5) is 11.0. The van der Waals surface area contributed by atoms with Crippen molar-refractivity contribution < 1.29 is 28.8 Å². The second-order valence-corrected chi connectivity index (χ2v) is 12.9. The Bertz CT molecular complexity index is 1220. The molecule has 5 N–H and O–H groups in total. The molecule has 0 bridgehead atoms. The first kappa shape index (κ1) is 26.6. The summed E-state index contributed by atoms with van der Waals surface area (Å²) < 4.78 is 30.3. The van der Waals surface area contributed by atoms with Crippen molar-refractivity contribution in [2.24, 2.45) is 15.9 Å². The number of hydrogen-bond donors (Lipinski definition) is 4. The zero-order chi connectivity index (χ0) is 26.3. The quantitative estimate of drug-likeness (QED) is 0.417. The lowest BCUT2D eigenvalue weighted by molar-refractivity contribution is -0.119. The molecular formula is C24H35N4O6P. The van der Waals surface area contributed by atoms with E-state index in [2.05, 4.69) is 30.9 Å². The fraction of sp³-hybridized carbons (Fsp3) is 0.500. The van der Waals surface area contributed by atoms with Crippen LogP contribution in [0.15, 0.2) is 23.0 Å². The number of aromatic hydroxyl groups is 2. The fourth-order valence-corrected chi connectivity index (χ4v) is 5.45. The summed E-state index contributed by atoms with van der Waals surface area (Å²) in [7, 11) is -2.54. The molecule has 35 heavy (non-hydrogen) atoms. The summed E-state index contributed by atoms with van der Waals surface area (Å²) in [5, 5.41) is 25.8. The highest BCUT2D eigenvalue weighted by molar-refractivity contribution is 7.66. The minimum atomic E-state index is -3.81. The van der Waals surface area contributed by atoms with Crippen molar-refractivity contribution in [2.45, 2.75) is 59.9 Å². The van der Waals surface area contributed by atoms with Crippen LogP contribution >= 0.6 is 7.52 Å². The first-order valence-corrected chi connectivity index (χ1v) is 12.9. The van der Waals surface area contributed by atoms with Gasteiger partial charge >= 0.3 is 7.52 Å². The van der Waals surface area contributed by atoms with Gasteiger partial charge in [-0.25, -0.2) is 0 Å². The first-order chi connectivity index (χ1) is 16.1. The van der Waals surface area contributed by atoms with Gasteiger partial charge in [0.1, 0.15) is 11.3 Å². The Morgan fingerprint density at radius 3 is 2.40 bits per heavy atom. The summed E-state index contributed by atoms with van der Waals surface area (Å²) in [5.41, 5.74) is 5.65. The molecule has 0 saturated carbocycles. The summed E-state index contributed by atoms with van der Waals surface area (Å²) >= 11 is 0. The minimum absolute atomic E-state index is 0.00123. The Hall–Kier alpha value is -2.97. The highest BCUT2D eigenvalue weighted by atomic mass is 31.2. The molecule has 11 heteroatoms. The van der Waals surface area contributed by atoms with Crippen LogP contribution in [0.5, 0.6) is 17.4 Å². The van der Waals surface area contributed by atoms with E-state index in [-0.39, 0.29) is 46.1 Å². The van der Waals surface area contributed by atoms with Crippen molar-refractivity contribution in [3.05, 3.63) is 29.5 Å². The number of ether oxygens (including phenoxy) is 1. The third kappa shape index (κ3) is 5.49. The van der Waals surface area contributed by atoms with Crippen LogP contribution in [0.4, 0.5) is 5.69 Å². The van der Waals surface area contributed by atoms with Crippen LogP contribution in [0.3, 0.4) is 0 Å². The monoisotopic (exact) mass is 506 g/mol. The number of fused-ring (bicyclic) bond motifs is 1. The predicted octanol–water partition coefficient (Wildman–Crippen LogP) is 3.83. The lowest BCUT2D eigenvalue weighted by Gasteiger charge is -2.25. The molecule has 2 aromatic rings. The molecular weight excluding hydrogens is 471 g/mol. The number of hydrogen-bond acceptors (Lipinski definition) is 7. The molecule has 0 radical (unpaired) electrons. The van der Waals surface area contributed by atoms with Crippen LogP contribution in [-0.2, 0) is 25.8 Å². The minimum Gasteiger partial charge on any atom is -0.505 e. The summed E-state index contributed by atoms with van der Waals surface area (Å²) in [5.74, 6) is -0.649. The van der Waals surface area contributed by atoms with Crippen LogP contribution < -0.4 is 21.1 Å². The van der Waals surface area contributed by atoms with Gasteiger partial charge in [0.05, 0.1) is 16.7 Å². The Balaban J connectivity index is 2.13. The molecule has 0 fully saturated rings. The summed E-state index contributed by atoms with van der Waals surface area (Å²) in [6, 6.07) is 4.64. The molecule has 3 rings (SSSR count). The van der Waals surface area contributed by atoms with E-state index >= 15 is 0 Å². The van der Waals surface area contributed by atoms with E-state index in [1.165, 1.54) is 13.2 Å². The van der Waals surface area contributed by atoms with E-state index in [9.17, 15) is 19.6 Å². The Morgan fingerprint density at radius 2 is 1.86 bits per heavy atom. The molecule has 1 aromatic carbocycles. The smallest absolute Gasteiger partial charge is 0.348 e. The maximum absolute atomic E-state index is 13.7. The van der Waals surface area contributed by atoms with Gasteiger partial charge in [-0.3, -0.25) is 9.36 Å². The van der Waals surface area contributed by atoms with Gasteiger partial charge in [0.2, 0.25) is 5.88 Å². The standard InChI is InChI=1S/C24H35N4O6P/c1-23(2,3)10-11-28-20(24(4,5)6)19(30)18(22(28)31)21-26-15-9-8-14(34-13-17(25)29)12-16(15)35(32,27-21)33-7/h8-9,12,30-31H,10-11,13H2,1-7H3,(H2,25,29)(H,26,27,32). The van der Waals surface area contributed by atoms with Crippen molar-refractivity contribution in [1.29, 1.82) is 0 Å². The Labute approximate surface area is 205 Å². The maximum atomic E-state index is 13.7. The van der Waals surface area contributed by atoms with Gasteiger partial charge in [-0.05, 0) is 30.0 Å². The molecule has 1 aromatic heterocycles. The molecule has 1 aliphatic heterocycles. The third-order valence-electron chi connectivity index (χ3n) is 5.63. The average Bonchev–Trinajstić information content (AvgIpc) is 2.99. The number of amidine groups is 1. The van der Waals surface area contributed by atoms with E-state index in [0.717, 1.165) is 6.42 Å². The van der Waals surface area contributed by atoms with Crippen molar-refractivity contribution in [3.8, 4) is 17.4 Å². The van der Waals surface area contributed by atoms with Crippen molar-refractivity contribution in [1.82, 2.24) is 4.57 Å². The summed E-state index contributed by atoms with van der Waals surface area (Å²) in [6.07, 6.45) is 0.755.